The number of hydrogen-bond acceptors (Lipinski definition) is 1. The lowest BCUT2D eigenvalue weighted by Gasteiger charge is -2.31. The fraction of sp³-hybridized carbons (Fsp3) is 0.667. The molecule has 20 heavy (non-hydrogen) atoms. The highest BCUT2D eigenvalue weighted by molar-refractivity contribution is 14.1. The summed E-state index contributed by atoms with van der Waals surface area (Å²) in [5.74, 6) is 2.99. The van der Waals surface area contributed by atoms with Crippen LogP contribution in [0.25, 0.3) is 0 Å². The van der Waals surface area contributed by atoms with E-state index in [1.807, 2.05) is 0 Å². The van der Waals surface area contributed by atoms with Crippen molar-refractivity contribution in [3.8, 4) is 0 Å². The minimum Gasteiger partial charge on any atom is -0.313 e. The summed E-state index contributed by atoms with van der Waals surface area (Å²) in [6, 6.07) is 9.82. The molecule has 0 aromatic heterocycles. The van der Waals surface area contributed by atoms with Gasteiger partial charge in [-0.25, -0.2) is 0 Å². The second kappa shape index (κ2) is 6.78. The van der Waals surface area contributed by atoms with Crippen LogP contribution in [0.5, 0.6) is 0 Å². The smallest absolute Gasteiger partial charge is 0.0138 e. The van der Waals surface area contributed by atoms with E-state index >= 15 is 0 Å². The van der Waals surface area contributed by atoms with Crippen LogP contribution in [0.15, 0.2) is 24.3 Å². The number of nitrogens with one attached hydrogen (secondary N) is 1. The van der Waals surface area contributed by atoms with Crippen molar-refractivity contribution in [1.29, 1.82) is 0 Å². The van der Waals surface area contributed by atoms with Crippen molar-refractivity contribution in [1.82, 2.24) is 5.32 Å². The molecule has 2 fully saturated rings. The van der Waals surface area contributed by atoms with Gasteiger partial charge in [0, 0.05) is 9.61 Å². The van der Waals surface area contributed by atoms with Crippen molar-refractivity contribution in [2.75, 3.05) is 6.54 Å². The van der Waals surface area contributed by atoms with Crippen LogP contribution in [-0.2, 0) is 6.42 Å². The van der Waals surface area contributed by atoms with Crippen LogP contribution in [0.1, 0.15) is 44.6 Å². The van der Waals surface area contributed by atoms with E-state index < -0.39 is 0 Å². The predicted molar refractivity (Wildman–Crippen MR) is 93.9 cm³/mol. The van der Waals surface area contributed by atoms with Gasteiger partial charge >= 0.3 is 0 Å². The van der Waals surface area contributed by atoms with E-state index in [2.05, 4.69) is 59.1 Å². The van der Waals surface area contributed by atoms with Gasteiger partial charge in [0.15, 0.2) is 0 Å². The maximum atomic E-state index is 3.86. The molecule has 110 valence electrons. The van der Waals surface area contributed by atoms with Crippen molar-refractivity contribution >= 4 is 22.6 Å². The molecule has 2 bridgehead atoms. The molecule has 3 rings (SSSR count). The van der Waals surface area contributed by atoms with Crippen LogP contribution in [-0.4, -0.2) is 12.6 Å². The number of halogens is 1. The number of hydrogen-bond donors (Lipinski definition) is 1. The Morgan fingerprint density at radius 2 is 2.00 bits per heavy atom. The van der Waals surface area contributed by atoms with Gasteiger partial charge in [-0.05, 0) is 96.7 Å². The van der Waals surface area contributed by atoms with Crippen LogP contribution in [0, 0.1) is 21.3 Å². The molecule has 2 saturated carbocycles. The molecule has 2 heteroatoms. The standard InChI is InChI=1S/C18H26IN/c1-2-9-20-18(12-13-4-7-16(19)8-5-13)17-11-14-3-6-15(17)10-14/h4-5,7-8,14-15,17-18,20H,2-3,6,9-12H2,1H3. The maximum Gasteiger partial charge on any atom is 0.0138 e. The van der Waals surface area contributed by atoms with Gasteiger partial charge in [0.25, 0.3) is 0 Å². The molecule has 0 radical (unpaired) electrons. The zero-order chi connectivity index (χ0) is 13.9. The van der Waals surface area contributed by atoms with E-state index in [1.165, 1.54) is 54.2 Å². The molecule has 1 N–H and O–H groups in total. The molecule has 0 amide bonds. The molecular formula is C18H26IN. The molecule has 0 heterocycles. The third-order valence-corrected chi connectivity index (χ3v) is 6.05. The Bertz CT molecular complexity index is 428. The minimum absolute atomic E-state index is 0.699. The first kappa shape index (κ1) is 14.8. The Kier molecular flexibility index (Phi) is 5.03. The molecule has 2 aliphatic rings. The van der Waals surface area contributed by atoms with Gasteiger partial charge in [0.2, 0.25) is 0 Å². The van der Waals surface area contributed by atoms with Crippen molar-refractivity contribution in [2.24, 2.45) is 17.8 Å². The van der Waals surface area contributed by atoms with Crippen LogP contribution in [0.4, 0.5) is 0 Å². The van der Waals surface area contributed by atoms with Gasteiger partial charge in [-0.3, -0.25) is 0 Å². The summed E-state index contributed by atoms with van der Waals surface area (Å²) < 4.78 is 1.34. The Labute approximate surface area is 137 Å². The molecule has 0 saturated heterocycles. The van der Waals surface area contributed by atoms with Gasteiger partial charge in [0.1, 0.15) is 0 Å². The van der Waals surface area contributed by atoms with E-state index in [4.69, 9.17) is 0 Å². The second-order valence-electron chi connectivity index (χ2n) is 6.73. The van der Waals surface area contributed by atoms with Crippen molar-refractivity contribution < 1.29 is 0 Å². The summed E-state index contributed by atoms with van der Waals surface area (Å²) >= 11 is 2.39. The maximum absolute atomic E-state index is 3.86. The highest BCUT2D eigenvalue weighted by Crippen LogP contribution is 2.49. The molecular weight excluding hydrogens is 357 g/mol. The summed E-state index contributed by atoms with van der Waals surface area (Å²) in [6.07, 6.45) is 8.45. The van der Waals surface area contributed by atoms with E-state index in [0.29, 0.717) is 6.04 Å². The molecule has 1 aromatic rings. The summed E-state index contributed by atoms with van der Waals surface area (Å²) in [5, 5.41) is 3.86. The van der Waals surface area contributed by atoms with Crippen LogP contribution in [0.3, 0.4) is 0 Å². The van der Waals surface area contributed by atoms with Crippen LogP contribution in [0.2, 0.25) is 0 Å². The molecule has 4 atom stereocenters. The summed E-state index contributed by atoms with van der Waals surface area (Å²) in [7, 11) is 0. The lowest BCUT2D eigenvalue weighted by molar-refractivity contribution is 0.247. The normalized spacial score (nSPS) is 29.8. The zero-order valence-corrected chi connectivity index (χ0v) is 14.6. The Morgan fingerprint density at radius 3 is 2.60 bits per heavy atom. The lowest BCUT2D eigenvalue weighted by Crippen LogP contribution is -2.40. The fourth-order valence-corrected chi connectivity index (χ4v) is 4.73. The van der Waals surface area contributed by atoms with Gasteiger partial charge in [-0.15, -0.1) is 0 Å². The van der Waals surface area contributed by atoms with E-state index in [1.54, 1.807) is 0 Å². The number of benzene rings is 1. The first-order valence-corrected chi connectivity index (χ1v) is 9.32. The van der Waals surface area contributed by atoms with Gasteiger partial charge in [0.05, 0.1) is 0 Å². The van der Waals surface area contributed by atoms with Gasteiger partial charge in [-0.2, -0.15) is 0 Å². The average molecular weight is 383 g/mol. The fourth-order valence-electron chi connectivity index (χ4n) is 4.37. The Balaban J connectivity index is 1.67. The number of rotatable bonds is 6. The monoisotopic (exact) mass is 383 g/mol. The van der Waals surface area contributed by atoms with E-state index in [9.17, 15) is 0 Å². The quantitative estimate of drug-likeness (QED) is 0.706. The zero-order valence-electron chi connectivity index (χ0n) is 12.4. The summed E-state index contributed by atoms with van der Waals surface area (Å²) in [4.78, 5) is 0. The Morgan fingerprint density at radius 1 is 1.20 bits per heavy atom. The molecule has 1 aromatic carbocycles. The third-order valence-electron chi connectivity index (χ3n) is 5.34. The van der Waals surface area contributed by atoms with E-state index in [-0.39, 0.29) is 0 Å². The first-order chi connectivity index (χ1) is 9.76. The topological polar surface area (TPSA) is 12.0 Å². The van der Waals surface area contributed by atoms with Crippen LogP contribution < -0.4 is 5.32 Å². The first-order valence-electron chi connectivity index (χ1n) is 8.24. The van der Waals surface area contributed by atoms with Crippen molar-refractivity contribution in [2.45, 2.75) is 51.5 Å². The second-order valence-corrected chi connectivity index (χ2v) is 7.98. The molecule has 0 aliphatic heterocycles. The highest BCUT2D eigenvalue weighted by Gasteiger charge is 2.42. The third kappa shape index (κ3) is 3.38. The predicted octanol–water partition coefficient (Wildman–Crippen LogP) is 4.64. The lowest BCUT2D eigenvalue weighted by atomic mass is 9.81. The molecule has 1 nitrogen and oxygen atoms in total. The van der Waals surface area contributed by atoms with Crippen molar-refractivity contribution in [3.63, 3.8) is 0 Å². The van der Waals surface area contributed by atoms with Crippen LogP contribution >= 0.6 is 22.6 Å². The summed E-state index contributed by atoms with van der Waals surface area (Å²) in [5.41, 5.74) is 1.50. The van der Waals surface area contributed by atoms with Gasteiger partial charge in [-0.1, -0.05) is 25.5 Å². The number of fused-ring (bicyclic) bond motifs is 2. The highest BCUT2D eigenvalue weighted by atomic mass is 127. The molecule has 0 spiro atoms. The van der Waals surface area contributed by atoms with Crippen molar-refractivity contribution in [3.05, 3.63) is 33.4 Å². The van der Waals surface area contributed by atoms with E-state index in [0.717, 1.165) is 17.8 Å². The molecule has 4 unspecified atom stereocenters. The summed E-state index contributed by atoms with van der Waals surface area (Å²) in [6.45, 7) is 3.44. The van der Waals surface area contributed by atoms with Gasteiger partial charge < -0.3 is 5.32 Å². The average Bonchev–Trinajstić information content (AvgIpc) is 3.08. The minimum atomic E-state index is 0.699. The largest absolute Gasteiger partial charge is 0.313 e. The molecule has 2 aliphatic carbocycles. The SMILES string of the molecule is CCCNC(Cc1ccc(I)cc1)C1CC2CCC1C2. The Hall–Kier alpha value is -0.0900.